The molecule has 2 rings (SSSR count). The van der Waals surface area contributed by atoms with E-state index in [0.29, 0.717) is 21.5 Å². The van der Waals surface area contributed by atoms with Crippen molar-refractivity contribution in [1.82, 2.24) is 4.98 Å². The Morgan fingerprint density at radius 2 is 2.15 bits per heavy atom. The molecule has 0 aliphatic heterocycles. The summed E-state index contributed by atoms with van der Waals surface area (Å²) in [5.41, 5.74) is 1.47. The van der Waals surface area contributed by atoms with Crippen LogP contribution in [0.5, 0.6) is 5.75 Å². The molecule has 0 saturated heterocycles. The largest absolute Gasteiger partial charge is 0.496 e. The van der Waals surface area contributed by atoms with Gasteiger partial charge < -0.3 is 9.47 Å². The molecule has 4 nitrogen and oxygen atoms in total. The van der Waals surface area contributed by atoms with Gasteiger partial charge in [0.05, 0.1) is 29.8 Å². The number of hydrogen-bond acceptors (Lipinski definition) is 6. The van der Waals surface area contributed by atoms with Crippen LogP contribution in [0, 0.1) is 0 Å². The van der Waals surface area contributed by atoms with Gasteiger partial charge in [-0.25, -0.2) is 9.78 Å². The van der Waals surface area contributed by atoms with Crippen LogP contribution in [-0.2, 0) is 4.74 Å². The first-order valence-electron chi connectivity index (χ1n) is 5.56. The van der Waals surface area contributed by atoms with Crippen LogP contribution in [0.2, 0.25) is 5.02 Å². The van der Waals surface area contributed by atoms with Crippen LogP contribution in [0.3, 0.4) is 0 Å². The van der Waals surface area contributed by atoms with Crippen molar-refractivity contribution in [1.29, 1.82) is 0 Å². The molecular formula is C13H12ClNO3S2. The zero-order valence-electron chi connectivity index (χ0n) is 11.1. The molecule has 0 spiro atoms. The fourth-order valence-electron chi connectivity index (χ4n) is 1.65. The average Bonchev–Trinajstić information content (AvgIpc) is 2.95. The molecule has 0 amide bonds. The van der Waals surface area contributed by atoms with Gasteiger partial charge in [0.1, 0.15) is 5.75 Å². The number of thioether (sulfide) groups is 1. The minimum Gasteiger partial charge on any atom is -0.496 e. The van der Waals surface area contributed by atoms with Crippen LogP contribution in [0.4, 0.5) is 0 Å². The van der Waals surface area contributed by atoms with E-state index in [0.717, 1.165) is 10.5 Å². The van der Waals surface area contributed by atoms with Gasteiger partial charge in [0.2, 0.25) is 5.01 Å². The molecule has 0 atom stereocenters. The number of esters is 1. The SMILES string of the molecule is COC(=O)c1nc(-c2cc(Cl)c(SC)c(OC)c2)cs1. The molecule has 0 aliphatic carbocycles. The third-order valence-electron chi connectivity index (χ3n) is 2.59. The van der Waals surface area contributed by atoms with E-state index in [4.69, 9.17) is 16.3 Å². The number of ether oxygens (including phenoxy) is 2. The Bertz CT molecular complexity index is 643. The quantitative estimate of drug-likeness (QED) is 0.627. The molecule has 0 N–H and O–H groups in total. The minimum absolute atomic E-state index is 0.312. The van der Waals surface area contributed by atoms with Crippen LogP contribution in [0.25, 0.3) is 11.3 Å². The number of thiazole rings is 1. The highest BCUT2D eigenvalue weighted by Gasteiger charge is 2.15. The molecule has 20 heavy (non-hydrogen) atoms. The molecule has 1 heterocycles. The Morgan fingerprint density at radius 3 is 2.75 bits per heavy atom. The second-order valence-corrected chi connectivity index (χ2v) is 5.80. The molecule has 1 aromatic carbocycles. The van der Waals surface area contributed by atoms with Crippen LogP contribution in [0.1, 0.15) is 9.80 Å². The zero-order chi connectivity index (χ0) is 14.7. The van der Waals surface area contributed by atoms with Crippen LogP contribution in [-0.4, -0.2) is 31.4 Å². The van der Waals surface area contributed by atoms with Crippen molar-refractivity contribution in [3.05, 3.63) is 27.5 Å². The third-order valence-corrected chi connectivity index (χ3v) is 4.66. The van der Waals surface area contributed by atoms with Crippen molar-refractivity contribution in [2.45, 2.75) is 4.90 Å². The van der Waals surface area contributed by atoms with Gasteiger partial charge in [0.15, 0.2) is 0 Å². The lowest BCUT2D eigenvalue weighted by Crippen LogP contribution is -1.99. The van der Waals surface area contributed by atoms with Crippen molar-refractivity contribution >= 4 is 40.7 Å². The lowest BCUT2D eigenvalue weighted by Gasteiger charge is -2.10. The molecule has 2 aromatic rings. The minimum atomic E-state index is -0.444. The van der Waals surface area contributed by atoms with E-state index >= 15 is 0 Å². The van der Waals surface area contributed by atoms with Gasteiger partial charge in [-0.2, -0.15) is 0 Å². The summed E-state index contributed by atoms with van der Waals surface area (Å²) in [6, 6.07) is 3.67. The Morgan fingerprint density at radius 1 is 1.40 bits per heavy atom. The smallest absolute Gasteiger partial charge is 0.367 e. The van der Waals surface area contributed by atoms with Gasteiger partial charge in [0.25, 0.3) is 0 Å². The maximum absolute atomic E-state index is 11.4. The van der Waals surface area contributed by atoms with Gasteiger partial charge in [-0.1, -0.05) is 11.6 Å². The Labute approximate surface area is 130 Å². The molecule has 7 heteroatoms. The summed E-state index contributed by atoms with van der Waals surface area (Å²) in [6.07, 6.45) is 1.93. The van der Waals surface area contributed by atoms with E-state index in [9.17, 15) is 4.79 Å². The molecule has 0 unspecified atom stereocenters. The Kier molecular flexibility index (Phi) is 4.91. The van der Waals surface area contributed by atoms with Crippen LogP contribution >= 0.6 is 34.7 Å². The monoisotopic (exact) mass is 329 g/mol. The molecular weight excluding hydrogens is 318 g/mol. The van der Waals surface area contributed by atoms with Crippen molar-refractivity contribution < 1.29 is 14.3 Å². The number of carbonyl (C=O) groups is 1. The predicted molar refractivity (Wildman–Crippen MR) is 82.2 cm³/mol. The van der Waals surface area contributed by atoms with Gasteiger partial charge in [-0.3, -0.25) is 0 Å². The third kappa shape index (κ3) is 2.92. The normalized spacial score (nSPS) is 10.4. The highest BCUT2D eigenvalue weighted by atomic mass is 35.5. The second-order valence-electron chi connectivity index (χ2n) is 3.72. The lowest BCUT2D eigenvalue weighted by atomic mass is 10.1. The van der Waals surface area contributed by atoms with Crippen LogP contribution < -0.4 is 4.74 Å². The van der Waals surface area contributed by atoms with Crippen LogP contribution in [0.15, 0.2) is 22.4 Å². The number of halogens is 1. The van der Waals surface area contributed by atoms with Gasteiger partial charge >= 0.3 is 5.97 Å². The molecule has 0 saturated carbocycles. The summed E-state index contributed by atoms with van der Waals surface area (Å²) >= 11 is 8.99. The van der Waals surface area contributed by atoms with Crippen molar-refractivity contribution in [3.8, 4) is 17.0 Å². The van der Waals surface area contributed by atoms with E-state index in [1.165, 1.54) is 30.2 Å². The second kappa shape index (κ2) is 6.47. The maximum Gasteiger partial charge on any atom is 0.367 e. The number of nitrogens with zero attached hydrogens (tertiary/aromatic N) is 1. The summed E-state index contributed by atoms with van der Waals surface area (Å²) in [6.45, 7) is 0. The molecule has 0 radical (unpaired) electrons. The van der Waals surface area contributed by atoms with Crippen molar-refractivity contribution in [2.24, 2.45) is 0 Å². The number of aromatic nitrogens is 1. The highest BCUT2D eigenvalue weighted by Crippen LogP contribution is 2.38. The number of carbonyl (C=O) groups excluding carboxylic acids is 1. The molecule has 1 aromatic heterocycles. The Balaban J connectivity index is 2.45. The molecule has 0 fully saturated rings. The van der Waals surface area contributed by atoms with Gasteiger partial charge in [-0.05, 0) is 18.4 Å². The highest BCUT2D eigenvalue weighted by molar-refractivity contribution is 7.98. The number of hydrogen-bond donors (Lipinski definition) is 0. The van der Waals surface area contributed by atoms with Crippen molar-refractivity contribution in [2.75, 3.05) is 20.5 Å². The first-order valence-corrected chi connectivity index (χ1v) is 8.04. The summed E-state index contributed by atoms with van der Waals surface area (Å²) in [5, 5.41) is 2.70. The lowest BCUT2D eigenvalue weighted by molar-refractivity contribution is 0.0600. The summed E-state index contributed by atoms with van der Waals surface area (Å²) in [7, 11) is 2.92. The molecule has 0 aliphatic rings. The number of rotatable bonds is 4. The average molecular weight is 330 g/mol. The Hall–Kier alpha value is -1.24. The van der Waals surface area contributed by atoms with E-state index < -0.39 is 5.97 Å². The summed E-state index contributed by atoms with van der Waals surface area (Å²) < 4.78 is 9.98. The summed E-state index contributed by atoms with van der Waals surface area (Å²) in [5.74, 6) is 0.243. The van der Waals surface area contributed by atoms with Crippen molar-refractivity contribution in [3.63, 3.8) is 0 Å². The van der Waals surface area contributed by atoms with E-state index in [2.05, 4.69) is 9.72 Å². The van der Waals surface area contributed by atoms with E-state index in [1.54, 1.807) is 12.5 Å². The zero-order valence-corrected chi connectivity index (χ0v) is 13.5. The van der Waals surface area contributed by atoms with Gasteiger partial charge in [0, 0.05) is 10.9 Å². The summed E-state index contributed by atoms with van der Waals surface area (Å²) in [4.78, 5) is 16.5. The number of benzene rings is 1. The molecule has 106 valence electrons. The topological polar surface area (TPSA) is 48.4 Å². The molecule has 0 bridgehead atoms. The maximum atomic E-state index is 11.4. The first-order chi connectivity index (χ1) is 9.60. The fraction of sp³-hybridized carbons (Fsp3) is 0.231. The number of methoxy groups -OCH3 is 2. The first kappa shape index (κ1) is 15.2. The van der Waals surface area contributed by atoms with Gasteiger partial charge in [-0.15, -0.1) is 23.1 Å². The fourth-order valence-corrected chi connectivity index (χ4v) is 3.44. The van der Waals surface area contributed by atoms with E-state index in [1.807, 2.05) is 18.4 Å². The van der Waals surface area contributed by atoms with E-state index in [-0.39, 0.29) is 0 Å². The predicted octanol–water partition coefficient (Wildman–Crippen LogP) is 3.98. The standard InChI is InChI=1S/C13H12ClNO3S2/c1-17-10-5-7(4-8(14)11(10)19-3)9-6-20-12(15-9)13(16)18-2/h4-6H,1-3H3.